The summed E-state index contributed by atoms with van der Waals surface area (Å²) >= 11 is 4.63. The van der Waals surface area contributed by atoms with Crippen LogP contribution in [-0.4, -0.2) is 22.5 Å². The van der Waals surface area contributed by atoms with Crippen LogP contribution in [0.1, 0.15) is 0 Å². The molecule has 5 nitrogen and oxygen atoms in total. The van der Waals surface area contributed by atoms with E-state index in [1.165, 1.54) is 0 Å². The Hall–Kier alpha value is -1.69. The molecule has 0 bridgehead atoms. The van der Waals surface area contributed by atoms with E-state index in [1.807, 2.05) is 0 Å². The monoisotopic (exact) mass is 368 g/mol. The summed E-state index contributed by atoms with van der Waals surface area (Å²) in [5.74, 6) is -2.57. The van der Waals surface area contributed by atoms with E-state index in [-0.39, 0.29) is 0 Å². The Labute approximate surface area is 126 Å². The van der Waals surface area contributed by atoms with Crippen molar-refractivity contribution in [3.8, 4) is 0 Å². The molecule has 0 aliphatic rings. The maximum atomic E-state index is 12.3. The van der Waals surface area contributed by atoms with E-state index < -0.39 is 55.6 Å². The topological polar surface area (TPSA) is 72.2 Å². The SMILES string of the molecule is O=C(Nc1cc(SC(F)(F)F)c(Cl)cc1[N+](=O)[O-])C(F)(F)F. The maximum Gasteiger partial charge on any atom is 0.471 e. The summed E-state index contributed by atoms with van der Waals surface area (Å²) in [5, 5.41) is 11.1. The van der Waals surface area contributed by atoms with Crippen molar-refractivity contribution in [2.45, 2.75) is 16.6 Å². The number of carbonyl (C=O) groups is 1. The standard InChI is InChI=1S/C9H3ClF6N2O3S/c10-3-1-5(18(20)21)4(17-7(19)8(11,12)13)2-6(3)22-9(14,15)16/h1-2H,(H,17,19). The van der Waals surface area contributed by atoms with Crippen molar-refractivity contribution in [2.75, 3.05) is 5.32 Å². The molecular formula is C9H3ClF6N2O3S. The van der Waals surface area contributed by atoms with Gasteiger partial charge in [-0.3, -0.25) is 14.9 Å². The van der Waals surface area contributed by atoms with Crippen molar-refractivity contribution in [1.82, 2.24) is 0 Å². The number of alkyl halides is 6. The Morgan fingerprint density at radius 3 is 2.18 bits per heavy atom. The fourth-order valence-corrected chi connectivity index (χ4v) is 2.05. The highest BCUT2D eigenvalue weighted by atomic mass is 35.5. The number of nitro groups is 1. The molecule has 0 aliphatic carbocycles. The van der Waals surface area contributed by atoms with E-state index in [0.29, 0.717) is 12.1 Å². The zero-order valence-corrected chi connectivity index (χ0v) is 11.5. The van der Waals surface area contributed by atoms with Gasteiger partial charge in [-0.15, -0.1) is 0 Å². The average Bonchev–Trinajstić information content (AvgIpc) is 2.29. The predicted octanol–water partition coefficient (Wildman–Crippen LogP) is 4.36. The Bertz CT molecular complexity index is 619. The highest BCUT2D eigenvalue weighted by Crippen LogP contribution is 2.44. The van der Waals surface area contributed by atoms with Gasteiger partial charge in [-0.1, -0.05) is 11.6 Å². The van der Waals surface area contributed by atoms with Gasteiger partial charge in [0.1, 0.15) is 5.69 Å². The van der Waals surface area contributed by atoms with Crippen LogP contribution in [-0.2, 0) is 4.79 Å². The molecule has 0 radical (unpaired) electrons. The third-order valence-electron chi connectivity index (χ3n) is 1.98. The van der Waals surface area contributed by atoms with Gasteiger partial charge in [0.05, 0.1) is 9.95 Å². The van der Waals surface area contributed by atoms with Crippen LogP contribution >= 0.6 is 23.4 Å². The van der Waals surface area contributed by atoms with Crippen molar-refractivity contribution in [2.24, 2.45) is 0 Å². The lowest BCUT2D eigenvalue weighted by Crippen LogP contribution is -2.30. The Morgan fingerprint density at radius 1 is 1.23 bits per heavy atom. The number of hydrogen-bond donors (Lipinski definition) is 1. The largest absolute Gasteiger partial charge is 0.471 e. The molecule has 0 heterocycles. The van der Waals surface area contributed by atoms with E-state index in [4.69, 9.17) is 11.6 Å². The first-order chi connectivity index (χ1) is 9.81. The van der Waals surface area contributed by atoms with Gasteiger partial charge in [-0.05, 0) is 17.8 Å². The fraction of sp³-hybridized carbons (Fsp3) is 0.222. The second-order valence-corrected chi connectivity index (χ2v) is 5.07. The van der Waals surface area contributed by atoms with Crippen molar-refractivity contribution in [1.29, 1.82) is 0 Å². The normalized spacial score (nSPS) is 12.1. The number of nitrogens with zero attached hydrogens (tertiary/aromatic N) is 1. The van der Waals surface area contributed by atoms with Gasteiger partial charge in [0.2, 0.25) is 0 Å². The zero-order chi connectivity index (χ0) is 17.3. The first-order valence-electron chi connectivity index (χ1n) is 4.93. The van der Waals surface area contributed by atoms with Gasteiger partial charge in [0.15, 0.2) is 0 Å². The van der Waals surface area contributed by atoms with Crippen molar-refractivity contribution in [3.63, 3.8) is 0 Å². The number of nitrogens with one attached hydrogen (secondary N) is 1. The second kappa shape index (κ2) is 6.20. The van der Waals surface area contributed by atoms with E-state index >= 15 is 0 Å². The lowest BCUT2D eigenvalue weighted by atomic mass is 10.2. The van der Waals surface area contributed by atoms with E-state index in [2.05, 4.69) is 0 Å². The number of halogens is 7. The number of thioether (sulfide) groups is 1. The second-order valence-electron chi connectivity index (χ2n) is 3.56. The molecule has 1 N–H and O–H groups in total. The van der Waals surface area contributed by atoms with Crippen molar-refractivity contribution >= 4 is 40.6 Å². The molecule has 22 heavy (non-hydrogen) atoms. The van der Waals surface area contributed by atoms with Gasteiger partial charge in [0, 0.05) is 11.0 Å². The van der Waals surface area contributed by atoms with Crippen LogP contribution in [0.5, 0.6) is 0 Å². The number of benzene rings is 1. The van der Waals surface area contributed by atoms with Crippen LogP contribution in [0.15, 0.2) is 17.0 Å². The van der Waals surface area contributed by atoms with E-state index in [1.54, 1.807) is 0 Å². The molecule has 1 amide bonds. The smallest absolute Gasteiger partial charge is 0.312 e. The number of nitro benzene ring substituents is 1. The highest BCUT2D eigenvalue weighted by molar-refractivity contribution is 8.00. The van der Waals surface area contributed by atoms with Gasteiger partial charge >= 0.3 is 17.6 Å². The maximum absolute atomic E-state index is 12.3. The minimum Gasteiger partial charge on any atom is -0.312 e. The molecule has 1 aromatic carbocycles. The number of hydrogen-bond acceptors (Lipinski definition) is 4. The van der Waals surface area contributed by atoms with Crippen LogP contribution in [0.2, 0.25) is 5.02 Å². The Balaban J connectivity index is 3.31. The molecule has 122 valence electrons. The Kier molecular flexibility index (Phi) is 5.18. The van der Waals surface area contributed by atoms with Gasteiger partial charge in [-0.25, -0.2) is 0 Å². The summed E-state index contributed by atoms with van der Waals surface area (Å²) in [6.07, 6.45) is -5.37. The number of carbonyl (C=O) groups excluding carboxylic acids is 1. The van der Waals surface area contributed by atoms with Crippen LogP contribution < -0.4 is 5.32 Å². The first-order valence-corrected chi connectivity index (χ1v) is 6.12. The fourth-order valence-electron chi connectivity index (χ4n) is 1.19. The lowest BCUT2D eigenvalue weighted by Gasteiger charge is -2.12. The van der Waals surface area contributed by atoms with Crippen LogP contribution in [0, 0.1) is 10.1 Å². The third-order valence-corrected chi connectivity index (χ3v) is 3.19. The first kappa shape index (κ1) is 18.4. The summed E-state index contributed by atoms with van der Waals surface area (Å²) in [4.78, 5) is 19.5. The predicted molar refractivity (Wildman–Crippen MR) is 64.7 cm³/mol. The average molecular weight is 369 g/mol. The number of anilines is 1. The molecule has 0 saturated carbocycles. The highest BCUT2D eigenvalue weighted by Gasteiger charge is 2.40. The van der Waals surface area contributed by atoms with Crippen LogP contribution in [0.25, 0.3) is 0 Å². The summed E-state index contributed by atoms with van der Waals surface area (Å²) in [6.45, 7) is 0. The lowest BCUT2D eigenvalue weighted by molar-refractivity contribution is -0.384. The van der Waals surface area contributed by atoms with Gasteiger partial charge in [0.25, 0.3) is 5.69 Å². The molecule has 1 aromatic rings. The summed E-state index contributed by atoms with van der Waals surface area (Å²) in [7, 11) is 0. The molecular weight excluding hydrogens is 366 g/mol. The molecule has 0 atom stereocenters. The molecule has 0 saturated heterocycles. The molecule has 0 unspecified atom stereocenters. The zero-order valence-electron chi connectivity index (χ0n) is 9.88. The summed E-state index contributed by atoms with van der Waals surface area (Å²) in [5.41, 5.74) is -6.96. The van der Waals surface area contributed by atoms with Crippen molar-refractivity contribution in [3.05, 3.63) is 27.3 Å². The molecule has 0 spiro atoms. The summed E-state index contributed by atoms with van der Waals surface area (Å²) < 4.78 is 73.2. The minimum atomic E-state index is -5.37. The molecule has 1 rings (SSSR count). The molecule has 0 aromatic heterocycles. The van der Waals surface area contributed by atoms with Crippen LogP contribution in [0.4, 0.5) is 37.7 Å². The minimum absolute atomic E-state index is 0.349. The van der Waals surface area contributed by atoms with Gasteiger partial charge < -0.3 is 5.32 Å². The molecule has 0 aliphatic heterocycles. The van der Waals surface area contributed by atoms with Crippen molar-refractivity contribution < 1.29 is 36.1 Å². The quantitative estimate of drug-likeness (QED) is 0.372. The van der Waals surface area contributed by atoms with Crippen LogP contribution in [0.3, 0.4) is 0 Å². The van der Waals surface area contributed by atoms with E-state index in [9.17, 15) is 41.3 Å². The van der Waals surface area contributed by atoms with E-state index in [0.717, 1.165) is 5.32 Å². The summed E-state index contributed by atoms with van der Waals surface area (Å²) in [6, 6.07) is 0.768. The number of amides is 1. The third kappa shape index (κ3) is 4.94. The Morgan fingerprint density at radius 2 is 1.77 bits per heavy atom. The molecule has 0 fully saturated rings. The number of rotatable bonds is 3. The molecule has 13 heteroatoms. The van der Waals surface area contributed by atoms with Gasteiger partial charge in [-0.2, -0.15) is 26.3 Å².